The number of anilines is 2. The maximum Gasteiger partial charge on any atom is 0.266 e. The van der Waals surface area contributed by atoms with Gasteiger partial charge in [-0.15, -0.1) is 47.0 Å². The molecule has 4 amide bonds. The van der Waals surface area contributed by atoms with Crippen molar-refractivity contribution in [1.82, 2.24) is 0 Å². The van der Waals surface area contributed by atoms with Gasteiger partial charge in [0.25, 0.3) is 23.6 Å². The highest BCUT2D eigenvalue weighted by Gasteiger charge is 2.40. The molecule has 2 aliphatic rings. The van der Waals surface area contributed by atoms with Crippen LogP contribution in [0.25, 0.3) is 33.4 Å². The summed E-state index contributed by atoms with van der Waals surface area (Å²) in [4.78, 5) is 63.3. The van der Waals surface area contributed by atoms with E-state index < -0.39 is 0 Å². The SMILES string of the molecule is CCSc1cc(N2C(=O)c3ccc(-c4ccc(C)cc4)cc3C2=O)c(SCC)cc1-c1ccc(N2C(=O)c3ccc(-c4ccc(C)cc4)cc3C2=O)c(SCC)c1SCC. The summed E-state index contributed by atoms with van der Waals surface area (Å²) in [5.41, 5.74) is 10.7. The highest BCUT2D eigenvalue weighted by Crippen LogP contribution is 2.50. The van der Waals surface area contributed by atoms with Crippen molar-refractivity contribution in [3.05, 3.63) is 143 Å². The fraction of sp³-hybridized carbons (Fsp3) is 0.200. The standard InChI is InChI=1S/C50H44N2O4S4/c1-7-57-43-28-42(52-48(54)37-22-20-34(26-40(37)50(52)56)32-17-13-30(6)14-18-32)44(58-8-2)27-38(43)35-23-24-41(46(60-10-4)45(35)59-9-3)51-47(53)36-21-19-33(25-39(36)49(51)55)31-15-11-29(5)12-16-31/h11-28H,7-10H2,1-6H3. The highest BCUT2D eigenvalue weighted by molar-refractivity contribution is 8.02. The molecule has 2 aliphatic heterocycles. The predicted molar refractivity (Wildman–Crippen MR) is 253 cm³/mol. The minimum absolute atomic E-state index is 0.330. The van der Waals surface area contributed by atoms with Crippen molar-refractivity contribution < 1.29 is 19.2 Å². The van der Waals surface area contributed by atoms with E-state index in [1.807, 2.05) is 105 Å². The molecule has 0 N–H and O–H groups in total. The topological polar surface area (TPSA) is 74.8 Å². The van der Waals surface area contributed by atoms with E-state index in [1.54, 1.807) is 59.2 Å². The van der Waals surface area contributed by atoms with Crippen LogP contribution in [0.5, 0.6) is 0 Å². The fourth-order valence-electron chi connectivity index (χ4n) is 7.76. The molecule has 302 valence electrons. The smallest absolute Gasteiger partial charge is 0.266 e. The van der Waals surface area contributed by atoms with Gasteiger partial charge in [-0.2, -0.15) is 0 Å². The van der Waals surface area contributed by atoms with Crippen molar-refractivity contribution in [3.63, 3.8) is 0 Å². The Kier molecular flexibility index (Phi) is 12.2. The van der Waals surface area contributed by atoms with Crippen LogP contribution in [0.15, 0.2) is 129 Å². The second-order valence-corrected chi connectivity index (χ2v) is 19.6. The molecule has 6 nitrogen and oxygen atoms in total. The summed E-state index contributed by atoms with van der Waals surface area (Å²) < 4.78 is 0. The number of rotatable bonds is 13. The van der Waals surface area contributed by atoms with Crippen LogP contribution in [0.4, 0.5) is 11.4 Å². The van der Waals surface area contributed by atoms with Gasteiger partial charge in [-0.3, -0.25) is 19.2 Å². The first-order valence-electron chi connectivity index (χ1n) is 20.1. The van der Waals surface area contributed by atoms with Gasteiger partial charge in [0.15, 0.2) is 0 Å². The Morgan fingerprint density at radius 2 is 0.783 bits per heavy atom. The van der Waals surface area contributed by atoms with E-state index in [-0.39, 0.29) is 23.6 Å². The Balaban J connectivity index is 1.21. The number of carbonyl (C=O) groups excluding carboxylic acids is 4. The van der Waals surface area contributed by atoms with Gasteiger partial charge < -0.3 is 0 Å². The molecule has 6 aromatic rings. The van der Waals surface area contributed by atoms with E-state index in [0.29, 0.717) is 33.6 Å². The number of carbonyl (C=O) groups is 4. The third kappa shape index (κ3) is 7.53. The fourth-order valence-corrected chi connectivity index (χ4v) is 11.5. The van der Waals surface area contributed by atoms with Gasteiger partial charge in [0.1, 0.15) is 0 Å². The minimum atomic E-state index is -0.331. The van der Waals surface area contributed by atoms with Gasteiger partial charge in [-0.1, -0.05) is 106 Å². The van der Waals surface area contributed by atoms with Gasteiger partial charge >= 0.3 is 0 Å². The molecule has 0 fully saturated rings. The Labute approximate surface area is 368 Å². The first-order valence-corrected chi connectivity index (χ1v) is 24.1. The number of imide groups is 2. The van der Waals surface area contributed by atoms with Gasteiger partial charge in [-0.05, 0) is 113 Å². The van der Waals surface area contributed by atoms with Crippen LogP contribution >= 0.6 is 47.0 Å². The van der Waals surface area contributed by atoms with Crippen molar-refractivity contribution in [3.8, 4) is 33.4 Å². The summed E-state index contributed by atoms with van der Waals surface area (Å²) in [5, 5.41) is 0. The molecule has 0 radical (unpaired) electrons. The molecular formula is C50H44N2O4S4. The number of fused-ring (bicyclic) bond motifs is 2. The zero-order valence-corrected chi connectivity index (χ0v) is 37.6. The van der Waals surface area contributed by atoms with Gasteiger partial charge in [0.2, 0.25) is 0 Å². The second kappa shape index (κ2) is 17.5. The number of nitrogens with zero attached hydrogens (tertiary/aromatic N) is 2. The second-order valence-electron chi connectivity index (χ2n) is 14.5. The molecule has 0 unspecified atom stereocenters. The average molecular weight is 865 g/mol. The Morgan fingerprint density at radius 1 is 0.367 bits per heavy atom. The van der Waals surface area contributed by atoms with Crippen molar-refractivity contribution >= 4 is 82.1 Å². The van der Waals surface area contributed by atoms with E-state index in [2.05, 4.69) is 33.8 Å². The summed E-state index contributed by atoms with van der Waals surface area (Å²) in [5.74, 6) is 1.66. The molecule has 0 atom stereocenters. The largest absolute Gasteiger partial charge is 0.268 e. The molecule has 10 heteroatoms. The molecule has 0 aliphatic carbocycles. The van der Waals surface area contributed by atoms with Gasteiger partial charge in [0.05, 0.1) is 33.6 Å². The number of hydrogen-bond donors (Lipinski definition) is 0. The number of amides is 4. The lowest BCUT2D eigenvalue weighted by molar-refractivity contribution is 0.0909. The predicted octanol–water partition coefficient (Wildman–Crippen LogP) is 13.4. The van der Waals surface area contributed by atoms with Crippen LogP contribution < -0.4 is 9.80 Å². The first-order chi connectivity index (χ1) is 29.1. The van der Waals surface area contributed by atoms with Crippen LogP contribution in [-0.4, -0.2) is 46.6 Å². The molecule has 0 aromatic heterocycles. The maximum absolute atomic E-state index is 14.3. The van der Waals surface area contributed by atoms with E-state index in [0.717, 1.165) is 87.1 Å². The van der Waals surface area contributed by atoms with Crippen molar-refractivity contribution in [2.24, 2.45) is 0 Å². The summed E-state index contributed by atoms with van der Waals surface area (Å²) in [6.45, 7) is 12.4. The lowest BCUT2D eigenvalue weighted by Crippen LogP contribution is -2.30. The lowest BCUT2D eigenvalue weighted by atomic mass is 9.99. The summed E-state index contributed by atoms with van der Waals surface area (Å²) in [6, 6.07) is 35.4. The third-order valence-corrected chi connectivity index (χ3v) is 14.6. The summed E-state index contributed by atoms with van der Waals surface area (Å²) in [7, 11) is 0. The summed E-state index contributed by atoms with van der Waals surface area (Å²) in [6.07, 6.45) is 0. The van der Waals surface area contributed by atoms with Crippen LogP contribution in [0, 0.1) is 13.8 Å². The van der Waals surface area contributed by atoms with Gasteiger partial charge in [0, 0.05) is 19.6 Å². The van der Waals surface area contributed by atoms with Crippen LogP contribution in [-0.2, 0) is 0 Å². The minimum Gasteiger partial charge on any atom is -0.268 e. The van der Waals surface area contributed by atoms with Crippen LogP contribution in [0.3, 0.4) is 0 Å². The molecule has 6 aromatic carbocycles. The van der Waals surface area contributed by atoms with Crippen molar-refractivity contribution in [1.29, 1.82) is 0 Å². The highest BCUT2D eigenvalue weighted by atomic mass is 32.2. The zero-order valence-electron chi connectivity index (χ0n) is 34.4. The van der Waals surface area contributed by atoms with Crippen LogP contribution in [0.1, 0.15) is 80.3 Å². The monoisotopic (exact) mass is 864 g/mol. The molecule has 8 rings (SSSR count). The Morgan fingerprint density at radius 3 is 1.28 bits per heavy atom. The van der Waals surface area contributed by atoms with Crippen LogP contribution in [0.2, 0.25) is 0 Å². The number of hydrogen-bond acceptors (Lipinski definition) is 8. The average Bonchev–Trinajstić information content (AvgIpc) is 3.65. The van der Waals surface area contributed by atoms with E-state index in [4.69, 9.17) is 0 Å². The molecule has 0 saturated carbocycles. The molecule has 0 saturated heterocycles. The number of thioether (sulfide) groups is 4. The van der Waals surface area contributed by atoms with E-state index in [1.165, 1.54) is 9.80 Å². The number of benzene rings is 6. The summed E-state index contributed by atoms with van der Waals surface area (Å²) >= 11 is 6.56. The quantitative estimate of drug-likeness (QED) is 0.0839. The molecule has 60 heavy (non-hydrogen) atoms. The van der Waals surface area contributed by atoms with Gasteiger partial charge in [-0.25, -0.2) is 9.80 Å². The molecular weight excluding hydrogens is 821 g/mol. The Hall–Kier alpha value is -5.00. The first kappa shape index (κ1) is 41.7. The number of aryl methyl sites for hydroxylation is 2. The van der Waals surface area contributed by atoms with Crippen molar-refractivity contribution in [2.75, 3.05) is 32.8 Å². The zero-order chi connectivity index (χ0) is 42.2. The molecule has 0 spiro atoms. The molecule has 2 heterocycles. The van der Waals surface area contributed by atoms with E-state index in [9.17, 15) is 19.2 Å². The maximum atomic E-state index is 14.3. The normalized spacial score (nSPS) is 13.4. The molecule has 0 bridgehead atoms. The third-order valence-electron chi connectivity index (χ3n) is 10.6. The van der Waals surface area contributed by atoms with E-state index >= 15 is 0 Å². The lowest BCUT2D eigenvalue weighted by Gasteiger charge is -2.25. The van der Waals surface area contributed by atoms with Crippen molar-refractivity contribution in [2.45, 2.75) is 61.1 Å². The Bertz CT molecular complexity index is 2590.